The predicted molar refractivity (Wildman–Crippen MR) is 111 cm³/mol. The molecule has 2 aromatic heterocycles. The number of hydrogen-bond donors (Lipinski definition) is 1. The fraction of sp³-hybridized carbons (Fsp3) is 0.556. The van der Waals surface area contributed by atoms with Crippen LogP contribution in [0.2, 0.25) is 0 Å². The summed E-state index contributed by atoms with van der Waals surface area (Å²) in [6.07, 6.45) is 3.74. The number of thiophene rings is 1. The molecule has 0 radical (unpaired) electrons. The Kier molecular flexibility index (Phi) is 9.64. The topological polar surface area (TPSA) is 58.4 Å². The Morgan fingerprint density at radius 3 is 2.73 bits per heavy atom. The lowest BCUT2D eigenvalue weighted by atomic mass is 9.93. The molecule has 0 aliphatic carbocycles. The first-order valence-corrected chi connectivity index (χ1v) is 9.53. The highest BCUT2D eigenvalue weighted by Gasteiger charge is 2.24. The van der Waals surface area contributed by atoms with E-state index in [-0.39, 0.29) is 30.7 Å². The van der Waals surface area contributed by atoms with Gasteiger partial charge in [-0.15, -0.1) is 24.8 Å². The van der Waals surface area contributed by atoms with Gasteiger partial charge < -0.3 is 14.6 Å². The second kappa shape index (κ2) is 10.9. The maximum Gasteiger partial charge on any atom is 0.228 e. The van der Waals surface area contributed by atoms with E-state index < -0.39 is 0 Å². The SMILES string of the molecule is CNCCC1CCN(C(=O)Cc2nc(-c3ccsc3)oc2C)CC1.Cl.Cl. The van der Waals surface area contributed by atoms with Crippen molar-refractivity contribution < 1.29 is 9.21 Å². The molecule has 1 N–H and O–H groups in total. The van der Waals surface area contributed by atoms with E-state index >= 15 is 0 Å². The second-order valence-electron chi connectivity index (χ2n) is 6.43. The van der Waals surface area contributed by atoms with Gasteiger partial charge in [-0.05, 0) is 57.1 Å². The Balaban J connectivity index is 0.00000169. The predicted octanol–water partition coefficient (Wildman–Crippen LogP) is 3.95. The van der Waals surface area contributed by atoms with E-state index in [9.17, 15) is 4.79 Å². The van der Waals surface area contributed by atoms with Crippen molar-refractivity contribution in [1.82, 2.24) is 15.2 Å². The van der Waals surface area contributed by atoms with Gasteiger partial charge in [0.2, 0.25) is 11.8 Å². The summed E-state index contributed by atoms with van der Waals surface area (Å²) < 4.78 is 5.73. The molecular formula is C18H27Cl2N3O2S. The van der Waals surface area contributed by atoms with Gasteiger partial charge in [0.25, 0.3) is 0 Å². The van der Waals surface area contributed by atoms with E-state index in [0.29, 0.717) is 12.3 Å². The van der Waals surface area contributed by atoms with Crippen molar-refractivity contribution >= 4 is 42.1 Å². The summed E-state index contributed by atoms with van der Waals surface area (Å²) in [5.74, 6) is 2.26. The highest BCUT2D eigenvalue weighted by Crippen LogP contribution is 2.25. The quantitative estimate of drug-likeness (QED) is 0.769. The van der Waals surface area contributed by atoms with Gasteiger partial charge in [0.05, 0.1) is 12.1 Å². The fourth-order valence-corrected chi connectivity index (χ4v) is 3.81. The zero-order chi connectivity index (χ0) is 16.9. The zero-order valence-electron chi connectivity index (χ0n) is 15.2. The average Bonchev–Trinajstić information content (AvgIpc) is 3.24. The molecule has 1 amide bonds. The van der Waals surface area contributed by atoms with Crippen LogP contribution >= 0.6 is 36.2 Å². The van der Waals surface area contributed by atoms with Crippen LogP contribution in [0.25, 0.3) is 11.5 Å². The molecule has 3 rings (SSSR count). The van der Waals surface area contributed by atoms with E-state index in [2.05, 4.69) is 10.3 Å². The van der Waals surface area contributed by atoms with Crippen molar-refractivity contribution in [2.75, 3.05) is 26.7 Å². The van der Waals surface area contributed by atoms with Gasteiger partial charge in [-0.3, -0.25) is 4.79 Å². The Hall–Kier alpha value is -1.08. The third-order valence-electron chi connectivity index (χ3n) is 4.75. The van der Waals surface area contributed by atoms with Crippen molar-refractivity contribution in [3.05, 3.63) is 28.3 Å². The summed E-state index contributed by atoms with van der Waals surface area (Å²) in [4.78, 5) is 19.1. The Bertz CT molecular complexity index is 668. The molecule has 0 saturated carbocycles. The molecule has 146 valence electrons. The molecule has 8 heteroatoms. The van der Waals surface area contributed by atoms with Crippen molar-refractivity contribution in [2.24, 2.45) is 5.92 Å². The minimum atomic E-state index is 0. The first-order valence-electron chi connectivity index (χ1n) is 8.58. The number of rotatable bonds is 6. The lowest BCUT2D eigenvalue weighted by Crippen LogP contribution is -2.39. The van der Waals surface area contributed by atoms with Crippen molar-refractivity contribution in [2.45, 2.75) is 32.6 Å². The molecule has 0 aromatic carbocycles. The van der Waals surface area contributed by atoms with Gasteiger partial charge in [0.15, 0.2) is 0 Å². The number of hydrogen-bond acceptors (Lipinski definition) is 5. The third-order valence-corrected chi connectivity index (χ3v) is 5.43. The molecule has 0 spiro atoms. The van der Waals surface area contributed by atoms with Crippen molar-refractivity contribution in [3.63, 3.8) is 0 Å². The standard InChI is InChI=1S/C18H25N3O2S.2ClH/c1-13-16(20-18(23-13)15-6-10-24-12-15)11-17(22)21-8-4-14(5-9-21)3-7-19-2;;/h6,10,12,14,19H,3-5,7-9,11H2,1-2H3;2*1H. The largest absolute Gasteiger partial charge is 0.441 e. The number of amides is 1. The highest BCUT2D eigenvalue weighted by molar-refractivity contribution is 7.08. The molecule has 0 atom stereocenters. The van der Waals surface area contributed by atoms with Gasteiger partial charge in [-0.1, -0.05) is 0 Å². The van der Waals surface area contributed by atoms with Crippen LogP contribution in [-0.2, 0) is 11.2 Å². The monoisotopic (exact) mass is 419 g/mol. The van der Waals surface area contributed by atoms with Crippen LogP contribution in [-0.4, -0.2) is 42.5 Å². The summed E-state index contributed by atoms with van der Waals surface area (Å²) in [6.45, 7) is 4.67. The molecular weight excluding hydrogens is 393 g/mol. The number of aromatic nitrogens is 1. The number of carbonyl (C=O) groups excluding carboxylic acids is 1. The van der Waals surface area contributed by atoms with Crippen LogP contribution in [0.3, 0.4) is 0 Å². The minimum absolute atomic E-state index is 0. The number of halogens is 2. The molecule has 1 fully saturated rings. The number of nitrogens with zero attached hydrogens (tertiary/aromatic N) is 2. The second-order valence-corrected chi connectivity index (χ2v) is 7.21. The smallest absolute Gasteiger partial charge is 0.228 e. The minimum Gasteiger partial charge on any atom is -0.441 e. The highest BCUT2D eigenvalue weighted by atomic mass is 35.5. The summed E-state index contributed by atoms with van der Waals surface area (Å²) >= 11 is 1.61. The summed E-state index contributed by atoms with van der Waals surface area (Å²) in [5, 5.41) is 7.21. The maximum absolute atomic E-state index is 12.6. The van der Waals surface area contributed by atoms with E-state index in [1.54, 1.807) is 11.3 Å². The third kappa shape index (κ3) is 5.71. The van der Waals surface area contributed by atoms with Crippen molar-refractivity contribution in [3.8, 4) is 11.5 Å². The maximum atomic E-state index is 12.6. The molecule has 5 nitrogen and oxygen atoms in total. The normalized spacial score (nSPS) is 14.6. The molecule has 1 saturated heterocycles. The number of nitrogens with one attached hydrogen (secondary N) is 1. The Morgan fingerprint density at radius 2 is 2.12 bits per heavy atom. The molecule has 1 aliphatic heterocycles. The zero-order valence-corrected chi connectivity index (χ0v) is 17.6. The molecule has 26 heavy (non-hydrogen) atoms. The number of carbonyl (C=O) groups is 1. The van der Waals surface area contributed by atoms with Crippen molar-refractivity contribution in [1.29, 1.82) is 0 Å². The first kappa shape index (κ1) is 23.0. The molecule has 2 aromatic rings. The van der Waals surface area contributed by atoms with Crippen LogP contribution in [0.15, 0.2) is 21.2 Å². The van der Waals surface area contributed by atoms with Crippen LogP contribution in [0.5, 0.6) is 0 Å². The number of aryl methyl sites for hydroxylation is 1. The number of piperidine rings is 1. The lowest BCUT2D eigenvalue weighted by Gasteiger charge is -2.32. The van der Waals surface area contributed by atoms with Crippen LogP contribution < -0.4 is 5.32 Å². The van der Waals surface area contributed by atoms with E-state index in [1.165, 1.54) is 6.42 Å². The average molecular weight is 420 g/mol. The van der Waals surface area contributed by atoms with E-state index in [4.69, 9.17) is 4.42 Å². The summed E-state index contributed by atoms with van der Waals surface area (Å²) in [5.41, 5.74) is 1.74. The van der Waals surface area contributed by atoms with Gasteiger partial charge in [0, 0.05) is 24.0 Å². The van der Waals surface area contributed by atoms with Gasteiger partial charge in [0.1, 0.15) is 5.76 Å². The molecule has 3 heterocycles. The first-order chi connectivity index (χ1) is 11.7. The number of likely N-dealkylation sites (tertiary alicyclic amines) is 1. The molecule has 0 bridgehead atoms. The van der Waals surface area contributed by atoms with E-state index in [1.807, 2.05) is 35.7 Å². The lowest BCUT2D eigenvalue weighted by molar-refractivity contribution is -0.131. The van der Waals surface area contributed by atoms with Crippen LogP contribution in [0.1, 0.15) is 30.7 Å². The van der Waals surface area contributed by atoms with Crippen LogP contribution in [0, 0.1) is 12.8 Å². The van der Waals surface area contributed by atoms with E-state index in [0.717, 1.165) is 55.4 Å². The number of oxazole rings is 1. The van der Waals surface area contributed by atoms with Gasteiger partial charge >= 0.3 is 0 Å². The fourth-order valence-electron chi connectivity index (χ4n) is 3.18. The van der Waals surface area contributed by atoms with Crippen LogP contribution in [0.4, 0.5) is 0 Å². The Morgan fingerprint density at radius 1 is 1.38 bits per heavy atom. The molecule has 0 unspecified atom stereocenters. The summed E-state index contributed by atoms with van der Waals surface area (Å²) in [7, 11) is 1.99. The van der Waals surface area contributed by atoms with Gasteiger partial charge in [-0.25, -0.2) is 4.98 Å². The molecule has 1 aliphatic rings. The van der Waals surface area contributed by atoms with Gasteiger partial charge in [-0.2, -0.15) is 11.3 Å². The summed E-state index contributed by atoms with van der Waals surface area (Å²) in [6, 6.07) is 1.98. The Labute approximate surface area is 171 Å².